The van der Waals surface area contributed by atoms with E-state index in [2.05, 4.69) is 11.2 Å². The lowest BCUT2D eigenvalue weighted by Gasteiger charge is -2.08. The summed E-state index contributed by atoms with van der Waals surface area (Å²) in [5.74, 6) is -0.414. The standard InChI is InChI=1S/C27H23N2O2/c1-2-31-27(30)26-19-24(22-14-8-4-9-15-22)18-25(23-16-10-5-11-17-23)29(26)28-20-21-12-6-3-7-13-21/h3-20H,2H2,1H3/q+1. The normalized spacial score (nSPS) is 10.9. The van der Waals surface area contributed by atoms with Gasteiger partial charge in [-0.15, -0.1) is 0 Å². The van der Waals surface area contributed by atoms with Gasteiger partial charge in [-0.3, -0.25) is 0 Å². The highest BCUT2D eigenvalue weighted by Gasteiger charge is 2.28. The number of rotatable bonds is 6. The summed E-state index contributed by atoms with van der Waals surface area (Å²) in [7, 11) is 0. The summed E-state index contributed by atoms with van der Waals surface area (Å²) in [4.78, 5) is 12.9. The predicted octanol–water partition coefficient (Wildman–Crippen LogP) is 5.37. The van der Waals surface area contributed by atoms with E-state index in [4.69, 9.17) is 4.74 Å². The van der Waals surface area contributed by atoms with Gasteiger partial charge in [0, 0.05) is 17.7 Å². The number of esters is 1. The van der Waals surface area contributed by atoms with Crippen LogP contribution in [0.1, 0.15) is 23.0 Å². The molecule has 152 valence electrons. The van der Waals surface area contributed by atoms with Crippen molar-refractivity contribution in [1.82, 2.24) is 0 Å². The number of carbonyl (C=O) groups excluding carboxylic acids is 1. The summed E-state index contributed by atoms with van der Waals surface area (Å²) in [5.41, 5.74) is 5.01. The number of hydrogen-bond donors (Lipinski definition) is 0. The molecule has 1 heterocycles. The van der Waals surface area contributed by atoms with Crippen LogP contribution in [0.25, 0.3) is 22.4 Å². The van der Waals surface area contributed by atoms with Crippen LogP contribution in [-0.4, -0.2) is 18.8 Å². The van der Waals surface area contributed by atoms with Gasteiger partial charge < -0.3 is 4.74 Å². The molecule has 0 saturated heterocycles. The Morgan fingerprint density at radius 3 is 2.00 bits per heavy atom. The van der Waals surface area contributed by atoms with E-state index in [1.165, 1.54) is 0 Å². The third kappa shape index (κ3) is 4.75. The zero-order valence-electron chi connectivity index (χ0n) is 17.3. The van der Waals surface area contributed by atoms with E-state index >= 15 is 0 Å². The average Bonchev–Trinajstić information content (AvgIpc) is 2.84. The van der Waals surface area contributed by atoms with Crippen molar-refractivity contribution in [3.63, 3.8) is 0 Å². The minimum atomic E-state index is -0.414. The van der Waals surface area contributed by atoms with Crippen molar-refractivity contribution in [2.45, 2.75) is 6.92 Å². The predicted molar refractivity (Wildman–Crippen MR) is 123 cm³/mol. The van der Waals surface area contributed by atoms with Crippen LogP contribution in [0.5, 0.6) is 0 Å². The Bertz CT molecular complexity index is 1190. The quantitative estimate of drug-likeness (QED) is 0.245. The molecule has 0 aliphatic heterocycles. The summed E-state index contributed by atoms with van der Waals surface area (Å²) in [6.45, 7) is 2.09. The Labute approximate surface area is 182 Å². The molecule has 4 aromatic rings. The van der Waals surface area contributed by atoms with Gasteiger partial charge in [-0.25, -0.2) is 4.79 Å². The van der Waals surface area contributed by atoms with Gasteiger partial charge in [-0.05, 0) is 45.5 Å². The van der Waals surface area contributed by atoms with Crippen LogP contribution in [0.15, 0.2) is 108 Å². The van der Waals surface area contributed by atoms with E-state index in [1.807, 2.05) is 97.1 Å². The molecule has 4 rings (SSSR count). The zero-order chi connectivity index (χ0) is 21.5. The highest BCUT2D eigenvalue weighted by Crippen LogP contribution is 2.25. The van der Waals surface area contributed by atoms with Crippen molar-refractivity contribution in [1.29, 1.82) is 0 Å². The summed E-state index contributed by atoms with van der Waals surface area (Å²) in [5, 5.41) is 4.68. The van der Waals surface area contributed by atoms with E-state index in [1.54, 1.807) is 17.8 Å². The van der Waals surface area contributed by atoms with Gasteiger partial charge in [-0.2, -0.15) is 0 Å². The zero-order valence-corrected chi connectivity index (χ0v) is 17.3. The molecule has 0 amide bonds. The maximum absolute atomic E-state index is 12.9. The number of carbonyl (C=O) groups is 1. The topological polar surface area (TPSA) is 42.5 Å². The highest BCUT2D eigenvalue weighted by atomic mass is 16.5. The average molecular weight is 407 g/mol. The minimum absolute atomic E-state index is 0.289. The molecule has 0 fully saturated rings. The molecule has 4 nitrogen and oxygen atoms in total. The van der Waals surface area contributed by atoms with Crippen molar-refractivity contribution >= 4 is 12.2 Å². The molecule has 0 unspecified atom stereocenters. The Morgan fingerprint density at radius 1 is 0.806 bits per heavy atom. The summed E-state index contributed by atoms with van der Waals surface area (Å²) >= 11 is 0. The second-order valence-electron chi connectivity index (χ2n) is 6.93. The van der Waals surface area contributed by atoms with Crippen molar-refractivity contribution in [3.05, 3.63) is 114 Å². The molecular weight excluding hydrogens is 384 g/mol. The van der Waals surface area contributed by atoms with Crippen molar-refractivity contribution < 1.29 is 14.2 Å². The Morgan fingerprint density at radius 2 is 1.39 bits per heavy atom. The number of aromatic nitrogens is 1. The molecule has 0 bridgehead atoms. The SMILES string of the molecule is CCOC(=O)c1cc(-c2ccccc2)cc(-c2ccccc2)[n+]1N=Cc1ccccc1. The molecule has 0 aliphatic carbocycles. The summed E-state index contributed by atoms with van der Waals surface area (Å²) < 4.78 is 7.03. The maximum atomic E-state index is 12.9. The fourth-order valence-corrected chi connectivity index (χ4v) is 3.34. The van der Waals surface area contributed by atoms with Gasteiger partial charge in [0.05, 0.1) is 6.61 Å². The first kappa shape index (κ1) is 20.2. The lowest BCUT2D eigenvalue weighted by Crippen LogP contribution is -2.39. The van der Waals surface area contributed by atoms with Gasteiger partial charge in [0.15, 0.2) is 0 Å². The molecular formula is C27H23N2O2+. The van der Waals surface area contributed by atoms with E-state index in [-0.39, 0.29) is 6.61 Å². The van der Waals surface area contributed by atoms with Crippen LogP contribution in [-0.2, 0) is 4.74 Å². The van der Waals surface area contributed by atoms with Gasteiger partial charge in [0.1, 0.15) is 6.21 Å². The number of hydrogen-bond acceptors (Lipinski definition) is 3. The molecule has 0 aliphatic rings. The second-order valence-corrected chi connectivity index (χ2v) is 6.93. The number of pyridine rings is 1. The molecule has 0 N–H and O–H groups in total. The summed E-state index contributed by atoms with van der Waals surface area (Å²) in [6.07, 6.45) is 1.75. The first-order valence-corrected chi connectivity index (χ1v) is 10.2. The fraction of sp³-hybridized carbons (Fsp3) is 0.0741. The molecule has 0 radical (unpaired) electrons. The smallest absolute Gasteiger partial charge is 0.406 e. The van der Waals surface area contributed by atoms with Crippen LogP contribution in [0.2, 0.25) is 0 Å². The van der Waals surface area contributed by atoms with Gasteiger partial charge in [0.25, 0.3) is 0 Å². The molecule has 1 aromatic heterocycles. The van der Waals surface area contributed by atoms with E-state index in [0.29, 0.717) is 5.69 Å². The highest BCUT2D eigenvalue weighted by molar-refractivity contribution is 5.88. The molecule has 0 saturated carbocycles. The van der Waals surface area contributed by atoms with Gasteiger partial charge >= 0.3 is 11.7 Å². The van der Waals surface area contributed by atoms with Crippen LogP contribution in [0, 0.1) is 0 Å². The first-order chi connectivity index (χ1) is 15.3. The third-order valence-corrected chi connectivity index (χ3v) is 4.82. The third-order valence-electron chi connectivity index (χ3n) is 4.82. The Hall–Kier alpha value is -4.05. The molecule has 0 spiro atoms. The van der Waals surface area contributed by atoms with Crippen LogP contribution >= 0.6 is 0 Å². The largest absolute Gasteiger partial charge is 0.458 e. The van der Waals surface area contributed by atoms with Crippen LogP contribution in [0.4, 0.5) is 0 Å². The van der Waals surface area contributed by atoms with Crippen molar-refractivity contribution in [2.75, 3.05) is 6.61 Å². The van der Waals surface area contributed by atoms with Crippen molar-refractivity contribution in [2.24, 2.45) is 5.10 Å². The van der Waals surface area contributed by atoms with Gasteiger partial charge in [-0.1, -0.05) is 78.9 Å². The Balaban J connectivity index is 1.95. The first-order valence-electron chi connectivity index (χ1n) is 10.2. The minimum Gasteiger partial charge on any atom is -0.458 e. The van der Waals surface area contributed by atoms with E-state index in [9.17, 15) is 4.79 Å². The second kappa shape index (κ2) is 9.63. The molecule has 0 atom stereocenters. The number of benzene rings is 3. The lowest BCUT2D eigenvalue weighted by atomic mass is 10.0. The van der Waals surface area contributed by atoms with E-state index in [0.717, 1.165) is 27.9 Å². The molecule has 31 heavy (non-hydrogen) atoms. The van der Waals surface area contributed by atoms with Gasteiger partial charge in [0.2, 0.25) is 5.69 Å². The fourth-order valence-electron chi connectivity index (χ4n) is 3.34. The summed E-state index contributed by atoms with van der Waals surface area (Å²) in [6, 6.07) is 33.6. The van der Waals surface area contributed by atoms with E-state index < -0.39 is 5.97 Å². The van der Waals surface area contributed by atoms with Crippen LogP contribution < -0.4 is 4.68 Å². The molecule has 3 aromatic carbocycles. The maximum Gasteiger partial charge on any atom is 0.406 e. The number of ether oxygens (including phenoxy) is 1. The lowest BCUT2D eigenvalue weighted by molar-refractivity contribution is -0.669. The number of nitrogens with zero attached hydrogens (tertiary/aromatic N) is 2. The molecule has 4 heteroatoms. The monoisotopic (exact) mass is 407 g/mol. The van der Waals surface area contributed by atoms with Crippen molar-refractivity contribution in [3.8, 4) is 22.4 Å². The Kier molecular flexibility index (Phi) is 6.29. The van der Waals surface area contributed by atoms with Crippen LogP contribution in [0.3, 0.4) is 0 Å².